The third kappa shape index (κ3) is 4.15. The van der Waals surface area contributed by atoms with Crippen molar-refractivity contribution in [2.75, 3.05) is 27.9 Å². The minimum atomic E-state index is -0.199. The van der Waals surface area contributed by atoms with Crippen LogP contribution in [-0.2, 0) is 6.42 Å². The smallest absolute Gasteiger partial charge is 0.251 e. The second-order valence-corrected chi connectivity index (χ2v) is 4.81. The number of benzene rings is 1. The van der Waals surface area contributed by atoms with Crippen LogP contribution < -0.4 is 19.5 Å². The maximum absolute atomic E-state index is 12.2. The van der Waals surface area contributed by atoms with E-state index in [9.17, 15) is 4.79 Å². The van der Waals surface area contributed by atoms with E-state index in [1.165, 1.54) is 21.3 Å². The topological polar surface area (TPSA) is 82.8 Å². The Morgan fingerprint density at radius 1 is 1.17 bits per heavy atom. The molecule has 1 aromatic heterocycles. The van der Waals surface area contributed by atoms with E-state index < -0.39 is 0 Å². The summed E-state index contributed by atoms with van der Waals surface area (Å²) in [7, 11) is 4.54. The van der Waals surface area contributed by atoms with Gasteiger partial charge in [-0.25, -0.2) is 0 Å². The molecule has 0 saturated carbocycles. The highest BCUT2D eigenvalue weighted by atomic mass is 16.5. The molecule has 0 radical (unpaired) electrons. The molecular formula is C16H20N2O5. The predicted molar refractivity (Wildman–Crippen MR) is 83.3 cm³/mol. The Morgan fingerprint density at radius 3 is 2.39 bits per heavy atom. The van der Waals surface area contributed by atoms with Crippen molar-refractivity contribution < 1.29 is 23.5 Å². The third-order valence-electron chi connectivity index (χ3n) is 3.34. The number of hydrogen-bond acceptors (Lipinski definition) is 6. The molecule has 7 nitrogen and oxygen atoms in total. The van der Waals surface area contributed by atoms with Crippen molar-refractivity contribution in [3.63, 3.8) is 0 Å². The van der Waals surface area contributed by atoms with Gasteiger partial charge in [0.25, 0.3) is 5.91 Å². The highest BCUT2D eigenvalue weighted by Gasteiger charge is 2.16. The Hall–Kier alpha value is -2.70. The monoisotopic (exact) mass is 320 g/mol. The Kier molecular flexibility index (Phi) is 5.85. The van der Waals surface area contributed by atoms with Gasteiger partial charge in [0.15, 0.2) is 11.5 Å². The van der Waals surface area contributed by atoms with Crippen LogP contribution in [0.4, 0.5) is 0 Å². The second kappa shape index (κ2) is 8.07. The fourth-order valence-electron chi connectivity index (χ4n) is 2.16. The quantitative estimate of drug-likeness (QED) is 0.750. The Balaban J connectivity index is 1.98. The van der Waals surface area contributed by atoms with Gasteiger partial charge >= 0.3 is 0 Å². The summed E-state index contributed by atoms with van der Waals surface area (Å²) in [5, 5.41) is 6.50. The maximum Gasteiger partial charge on any atom is 0.251 e. The largest absolute Gasteiger partial charge is 0.493 e. The van der Waals surface area contributed by atoms with Gasteiger partial charge < -0.3 is 24.1 Å². The van der Waals surface area contributed by atoms with Crippen molar-refractivity contribution in [2.45, 2.75) is 12.8 Å². The van der Waals surface area contributed by atoms with Crippen LogP contribution in [0, 0.1) is 0 Å². The van der Waals surface area contributed by atoms with Crippen LogP contribution in [0.5, 0.6) is 17.2 Å². The van der Waals surface area contributed by atoms with Crippen molar-refractivity contribution >= 4 is 5.91 Å². The Morgan fingerprint density at radius 2 is 1.87 bits per heavy atom. The molecule has 0 bridgehead atoms. The van der Waals surface area contributed by atoms with Crippen LogP contribution in [0.1, 0.15) is 22.3 Å². The molecule has 2 aromatic rings. The zero-order valence-electron chi connectivity index (χ0n) is 13.4. The fourth-order valence-corrected chi connectivity index (χ4v) is 2.16. The normalized spacial score (nSPS) is 10.2. The molecule has 23 heavy (non-hydrogen) atoms. The fraction of sp³-hybridized carbons (Fsp3) is 0.375. The number of nitrogens with zero attached hydrogens (tertiary/aromatic N) is 1. The minimum Gasteiger partial charge on any atom is -0.493 e. The van der Waals surface area contributed by atoms with Crippen molar-refractivity contribution in [3.8, 4) is 17.2 Å². The van der Waals surface area contributed by atoms with Gasteiger partial charge in [-0.3, -0.25) is 4.79 Å². The first-order valence-corrected chi connectivity index (χ1v) is 7.16. The summed E-state index contributed by atoms with van der Waals surface area (Å²) >= 11 is 0. The van der Waals surface area contributed by atoms with Gasteiger partial charge in [-0.05, 0) is 25.0 Å². The van der Waals surface area contributed by atoms with E-state index in [4.69, 9.17) is 18.7 Å². The number of aromatic nitrogens is 1. The average Bonchev–Trinajstić information content (AvgIpc) is 3.10. The summed E-state index contributed by atoms with van der Waals surface area (Å²) in [6, 6.07) is 3.24. The molecule has 0 aliphatic heterocycles. The highest BCUT2D eigenvalue weighted by molar-refractivity contribution is 5.95. The van der Waals surface area contributed by atoms with Crippen LogP contribution in [0.3, 0.4) is 0 Å². The number of aryl methyl sites for hydroxylation is 1. The number of rotatable bonds is 8. The average molecular weight is 320 g/mol. The van der Waals surface area contributed by atoms with Gasteiger partial charge in [-0.1, -0.05) is 5.16 Å². The molecule has 0 aliphatic carbocycles. The molecule has 0 fully saturated rings. The Labute approximate surface area is 134 Å². The molecule has 0 aliphatic rings. The number of carbonyl (C=O) groups is 1. The summed E-state index contributed by atoms with van der Waals surface area (Å²) in [6.07, 6.45) is 4.85. The molecule has 2 rings (SSSR count). The predicted octanol–water partition coefficient (Wildman–Crippen LogP) is 2.06. The summed E-state index contributed by atoms with van der Waals surface area (Å²) < 4.78 is 20.5. The number of carbonyl (C=O) groups excluding carboxylic acids is 1. The van der Waals surface area contributed by atoms with Gasteiger partial charge in [0, 0.05) is 17.7 Å². The molecule has 1 N–H and O–H groups in total. The number of amides is 1. The molecule has 0 spiro atoms. The van der Waals surface area contributed by atoms with Crippen molar-refractivity contribution in [1.29, 1.82) is 0 Å². The minimum absolute atomic E-state index is 0.199. The van der Waals surface area contributed by atoms with E-state index >= 15 is 0 Å². The lowest BCUT2D eigenvalue weighted by Crippen LogP contribution is -2.24. The number of nitrogens with one attached hydrogen (secondary N) is 1. The number of hydrogen-bond donors (Lipinski definition) is 1. The summed E-state index contributed by atoms with van der Waals surface area (Å²) in [6.45, 7) is 0.542. The van der Waals surface area contributed by atoms with Gasteiger partial charge in [-0.15, -0.1) is 0 Å². The molecule has 7 heteroatoms. The van der Waals surface area contributed by atoms with Gasteiger partial charge in [0.05, 0.1) is 27.5 Å². The van der Waals surface area contributed by atoms with Gasteiger partial charge in [0.1, 0.15) is 6.26 Å². The van der Waals surface area contributed by atoms with Crippen molar-refractivity contribution in [1.82, 2.24) is 10.5 Å². The van der Waals surface area contributed by atoms with E-state index in [0.29, 0.717) is 29.4 Å². The number of methoxy groups -OCH3 is 3. The molecule has 124 valence electrons. The van der Waals surface area contributed by atoms with Crippen LogP contribution >= 0.6 is 0 Å². The molecule has 0 atom stereocenters. The molecular weight excluding hydrogens is 300 g/mol. The van der Waals surface area contributed by atoms with Gasteiger partial charge in [0.2, 0.25) is 5.75 Å². The summed E-state index contributed by atoms with van der Waals surface area (Å²) in [4.78, 5) is 12.2. The first-order valence-electron chi connectivity index (χ1n) is 7.16. The first-order chi connectivity index (χ1) is 11.2. The summed E-state index contributed by atoms with van der Waals surface area (Å²) in [5.74, 6) is 1.15. The van der Waals surface area contributed by atoms with Crippen LogP contribution in [0.25, 0.3) is 0 Å². The van der Waals surface area contributed by atoms with Gasteiger partial charge in [-0.2, -0.15) is 0 Å². The number of ether oxygens (including phenoxy) is 3. The standard InChI is InChI=1S/C16H20N2O5/c1-20-13-7-12(8-14(21-2)15(13)22-3)16(19)17-6-4-5-11-9-18-23-10-11/h7-10H,4-6H2,1-3H3,(H,17,19). The lowest BCUT2D eigenvalue weighted by Gasteiger charge is -2.14. The zero-order chi connectivity index (χ0) is 16.7. The van der Waals surface area contributed by atoms with E-state index in [-0.39, 0.29) is 5.91 Å². The van der Waals surface area contributed by atoms with Crippen LogP contribution in [0.2, 0.25) is 0 Å². The van der Waals surface area contributed by atoms with Crippen LogP contribution in [0.15, 0.2) is 29.1 Å². The second-order valence-electron chi connectivity index (χ2n) is 4.81. The van der Waals surface area contributed by atoms with Crippen molar-refractivity contribution in [3.05, 3.63) is 35.7 Å². The SMILES string of the molecule is COc1cc(C(=O)NCCCc2cnoc2)cc(OC)c1OC. The lowest BCUT2D eigenvalue weighted by molar-refractivity contribution is 0.0952. The maximum atomic E-state index is 12.2. The lowest BCUT2D eigenvalue weighted by atomic mass is 10.1. The highest BCUT2D eigenvalue weighted by Crippen LogP contribution is 2.38. The van der Waals surface area contributed by atoms with E-state index in [1.54, 1.807) is 24.6 Å². The van der Waals surface area contributed by atoms with E-state index in [2.05, 4.69) is 10.5 Å². The third-order valence-corrected chi connectivity index (χ3v) is 3.34. The van der Waals surface area contributed by atoms with E-state index in [1.807, 2.05) is 0 Å². The first kappa shape index (κ1) is 16.7. The molecule has 1 amide bonds. The molecule has 0 unspecified atom stereocenters. The molecule has 0 saturated heterocycles. The molecule has 1 heterocycles. The van der Waals surface area contributed by atoms with Crippen LogP contribution in [-0.4, -0.2) is 38.9 Å². The Bertz CT molecular complexity index is 615. The molecule has 1 aromatic carbocycles. The zero-order valence-corrected chi connectivity index (χ0v) is 13.4. The summed E-state index contributed by atoms with van der Waals surface area (Å²) in [5.41, 5.74) is 1.46. The van der Waals surface area contributed by atoms with Crippen molar-refractivity contribution in [2.24, 2.45) is 0 Å². The van der Waals surface area contributed by atoms with E-state index in [0.717, 1.165) is 18.4 Å².